The minimum atomic E-state index is -2.96. The SMILES string of the molecule is C=S1(=O)NC(=O)c2ccc3c(c2)N(C[C@@H]2CC[C@H]2[C@@](O)(CN(CCC)CCO)CCC[C@H](C)[C@H]1C)C[C@@]1(CCCc2cc(Cl)ccc21)CO3. The van der Waals surface area contributed by atoms with E-state index in [1.807, 2.05) is 25.1 Å². The van der Waals surface area contributed by atoms with E-state index in [1.165, 1.54) is 11.1 Å². The minimum Gasteiger partial charge on any atom is -0.490 e. The maximum Gasteiger partial charge on any atom is 0.262 e. The summed E-state index contributed by atoms with van der Waals surface area (Å²) in [5, 5.41) is 23.0. The first-order valence-electron chi connectivity index (χ1n) is 18.4. The molecule has 7 atom stereocenters. The summed E-state index contributed by atoms with van der Waals surface area (Å²) in [6.45, 7) is 10.0. The molecule has 4 aliphatic rings. The Morgan fingerprint density at radius 3 is 2.67 bits per heavy atom. The molecule has 2 aromatic carbocycles. The van der Waals surface area contributed by atoms with Gasteiger partial charge in [0, 0.05) is 47.4 Å². The van der Waals surface area contributed by atoms with Crippen LogP contribution in [0.15, 0.2) is 36.4 Å². The number of aryl methyl sites for hydroxylation is 1. The lowest BCUT2D eigenvalue weighted by Crippen LogP contribution is -2.57. The van der Waals surface area contributed by atoms with Gasteiger partial charge in [-0.3, -0.25) is 14.4 Å². The molecule has 1 spiro atoms. The lowest BCUT2D eigenvalue weighted by atomic mass is 9.62. The molecule has 49 heavy (non-hydrogen) atoms. The Balaban J connectivity index is 1.42. The number of rotatable bonds is 6. The van der Waals surface area contributed by atoms with Crippen LogP contribution in [0.1, 0.15) is 93.6 Å². The molecule has 3 N–H and O–H groups in total. The highest BCUT2D eigenvalue weighted by Crippen LogP contribution is 2.49. The predicted molar refractivity (Wildman–Crippen MR) is 200 cm³/mol. The summed E-state index contributed by atoms with van der Waals surface area (Å²) in [6, 6.07) is 11.8. The highest BCUT2D eigenvalue weighted by Gasteiger charge is 2.49. The molecular formula is C39H56ClN3O5S. The lowest BCUT2D eigenvalue weighted by Gasteiger charge is -2.51. The van der Waals surface area contributed by atoms with Crippen LogP contribution in [0, 0.1) is 17.8 Å². The molecule has 2 aliphatic heterocycles. The zero-order valence-corrected chi connectivity index (χ0v) is 31.2. The molecule has 2 heterocycles. The first kappa shape index (κ1) is 36.5. The van der Waals surface area contributed by atoms with Crippen molar-refractivity contribution in [1.29, 1.82) is 0 Å². The van der Waals surface area contributed by atoms with Crippen LogP contribution in [0.4, 0.5) is 5.69 Å². The zero-order valence-electron chi connectivity index (χ0n) is 29.6. The van der Waals surface area contributed by atoms with Crippen molar-refractivity contribution in [3.8, 4) is 5.75 Å². The van der Waals surface area contributed by atoms with Crippen LogP contribution in [-0.2, 0) is 21.5 Å². The van der Waals surface area contributed by atoms with Crippen LogP contribution in [-0.4, -0.2) is 87.9 Å². The van der Waals surface area contributed by atoms with Gasteiger partial charge in [-0.2, -0.15) is 0 Å². The largest absolute Gasteiger partial charge is 0.490 e. The highest BCUT2D eigenvalue weighted by atomic mass is 35.5. The zero-order chi connectivity index (χ0) is 35.0. The number of nitrogens with zero attached hydrogens (tertiary/aromatic N) is 2. The van der Waals surface area contributed by atoms with E-state index in [9.17, 15) is 19.2 Å². The number of hydrogen-bond donors (Lipinski definition) is 3. The standard InChI is InChI=1S/C39H56ClN3O5S/c1-5-18-42(19-20-44)25-39(46)17-6-8-27(2)28(3)49(4,47)41-37(45)30-11-15-36-35(22-30)43(23-31-10-13-34(31)39)24-38(26-48-36)16-7-9-29-21-32(40)12-14-33(29)38/h11-12,14-15,21-22,27-28,31,34,44,46H,4-10,13,16-20,23-26H2,1-3H3,(H,41,45,47)/t27-,28+,31-,34+,38-,39-,49?/m0/s1. The molecule has 1 saturated carbocycles. The number of nitrogens with one attached hydrogen (secondary N) is 1. The summed E-state index contributed by atoms with van der Waals surface area (Å²) in [4.78, 5) is 18.3. The first-order valence-corrected chi connectivity index (χ1v) is 20.6. The monoisotopic (exact) mass is 713 g/mol. The van der Waals surface area contributed by atoms with Crippen molar-refractivity contribution in [2.45, 2.75) is 94.8 Å². The second-order valence-corrected chi connectivity index (χ2v) is 18.4. The Labute approximate surface area is 298 Å². The number of amides is 1. The van der Waals surface area contributed by atoms with Gasteiger partial charge in [0.05, 0.1) is 34.2 Å². The van der Waals surface area contributed by atoms with Gasteiger partial charge in [-0.1, -0.05) is 37.9 Å². The molecule has 2 bridgehead atoms. The van der Waals surface area contributed by atoms with E-state index in [0.717, 1.165) is 80.9 Å². The minimum absolute atomic E-state index is 0.0317. The molecule has 1 unspecified atom stereocenters. The van der Waals surface area contributed by atoms with Crippen molar-refractivity contribution in [1.82, 2.24) is 9.62 Å². The average molecular weight is 714 g/mol. The van der Waals surface area contributed by atoms with Crippen molar-refractivity contribution in [3.63, 3.8) is 0 Å². The van der Waals surface area contributed by atoms with Crippen molar-refractivity contribution >= 4 is 38.8 Å². The highest BCUT2D eigenvalue weighted by molar-refractivity contribution is 7.99. The molecule has 0 aromatic heterocycles. The molecule has 1 amide bonds. The fourth-order valence-corrected chi connectivity index (χ4v) is 10.9. The number of halogens is 1. The van der Waals surface area contributed by atoms with Gasteiger partial charge < -0.3 is 19.8 Å². The van der Waals surface area contributed by atoms with Crippen molar-refractivity contribution in [2.75, 3.05) is 50.8 Å². The molecule has 6 rings (SSSR count). The van der Waals surface area contributed by atoms with Gasteiger partial charge in [0.2, 0.25) is 0 Å². The number of carbonyl (C=O) groups excluding carboxylic acids is 1. The molecule has 1 fully saturated rings. The van der Waals surface area contributed by atoms with E-state index in [4.69, 9.17) is 16.3 Å². The number of benzene rings is 2. The number of aliphatic hydroxyl groups is 2. The Morgan fingerprint density at radius 2 is 1.94 bits per heavy atom. The van der Waals surface area contributed by atoms with E-state index < -0.39 is 15.3 Å². The second kappa shape index (κ2) is 14.7. The number of aliphatic hydroxyl groups excluding tert-OH is 1. The summed E-state index contributed by atoms with van der Waals surface area (Å²) in [7, 11) is -2.96. The van der Waals surface area contributed by atoms with E-state index in [0.29, 0.717) is 38.2 Å². The normalized spacial score (nSPS) is 33.5. The average Bonchev–Trinajstić information content (AvgIpc) is 3.19. The number of fused-ring (bicyclic) bond motifs is 4. The Morgan fingerprint density at radius 1 is 1.12 bits per heavy atom. The Bertz CT molecular complexity index is 1610. The van der Waals surface area contributed by atoms with Crippen molar-refractivity contribution in [3.05, 3.63) is 58.1 Å². The third-order valence-electron chi connectivity index (χ3n) is 12.3. The van der Waals surface area contributed by atoms with Crippen LogP contribution >= 0.6 is 11.6 Å². The lowest BCUT2D eigenvalue weighted by molar-refractivity contribution is -0.106. The Hall–Kier alpha value is -2.30. The van der Waals surface area contributed by atoms with E-state index in [2.05, 4.69) is 46.4 Å². The summed E-state index contributed by atoms with van der Waals surface area (Å²) in [6.07, 6.45) is 8.08. The Kier molecular flexibility index (Phi) is 11.0. The van der Waals surface area contributed by atoms with Crippen LogP contribution in [0.25, 0.3) is 0 Å². The summed E-state index contributed by atoms with van der Waals surface area (Å²) < 4.78 is 23.4. The fraction of sp³-hybridized carbons (Fsp3) is 0.641. The first-order chi connectivity index (χ1) is 23.4. The van der Waals surface area contributed by atoms with Crippen molar-refractivity contribution < 1.29 is 24.0 Å². The smallest absolute Gasteiger partial charge is 0.262 e. The molecule has 270 valence electrons. The van der Waals surface area contributed by atoms with E-state index in [-0.39, 0.29) is 40.9 Å². The number of anilines is 1. The van der Waals surface area contributed by atoms with Gasteiger partial charge in [0.1, 0.15) is 5.75 Å². The number of hydrogen-bond acceptors (Lipinski definition) is 7. The third-order valence-corrected chi connectivity index (χ3v) is 14.7. The van der Waals surface area contributed by atoms with Crippen LogP contribution in [0.3, 0.4) is 0 Å². The molecule has 10 heteroatoms. The maximum atomic E-state index is 13.9. The van der Waals surface area contributed by atoms with Gasteiger partial charge in [-0.25, -0.2) is 4.21 Å². The van der Waals surface area contributed by atoms with Crippen molar-refractivity contribution in [2.24, 2.45) is 17.8 Å². The third kappa shape index (κ3) is 7.52. The van der Waals surface area contributed by atoms with Crippen LogP contribution in [0.2, 0.25) is 5.02 Å². The van der Waals surface area contributed by atoms with Crippen LogP contribution < -0.4 is 14.4 Å². The molecule has 2 aliphatic carbocycles. The van der Waals surface area contributed by atoms with Crippen LogP contribution in [0.5, 0.6) is 5.75 Å². The van der Waals surface area contributed by atoms with Gasteiger partial charge in [-0.05, 0) is 130 Å². The number of carbonyl (C=O) groups is 1. The quantitative estimate of drug-likeness (QED) is 0.323. The topological polar surface area (TPSA) is 102 Å². The predicted octanol–water partition coefficient (Wildman–Crippen LogP) is 5.84. The molecular weight excluding hydrogens is 658 g/mol. The summed E-state index contributed by atoms with van der Waals surface area (Å²) in [5.41, 5.74) is 2.66. The van der Waals surface area contributed by atoms with Gasteiger partial charge in [-0.15, -0.1) is 0 Å². The molecule has 8 nitrogen and oxygen atoms in total. The van der Waals surface area contributed by atoms with Gasteiger partial charge >= 0.3 is 0 Å². The molecule has 0 saturated heterocycles. The summed E-state index contributed by atoms with van der Waals surface area (Å²) >= 11 is 6.47. The fourth-order valence-electron chi connectivity index (χ4n) is 9.18. The second-order valence-electron chi connectivity index (χ2n) is 15.6. The maximum absolute atomic E-state index is 13.9. The van der Waals surface area contributed by atoms with Gasteiger partial charge in [0.25, 0.3) is 5.91 Å². The number of ether oxygens (including phenoxy) is 1. The molecule has 2 aromatic rings. The van der Waals surface area contributed by atoms with E-state index in [1.54, 1.807) is 6.07 Å². The summed E-state index contributed by atoms with van der Waals surface area (Å²) in [5.74, 6) is 4.74. The van der Waals surface area contributed by atoms with Gasteiger partial charge in [0.15, 0.2) is 0 Å². The molecule has 0 radical (unpaired) electrons. The van der Waals surface area contributed by atoms with E-state index >= 15 is 0 Å².